The average Bonchev–Trinajstić information content (AvgIpc) is 2.38. The van der Waals surface area contributed by atoms with Crippen molar-refractivity contribution in [2.24, 2.45) is 5.73 Å². The predicted molar refractivity (Wildman–Crippen MR) is 84.5 cm³/mol. The maximum atomic E-state index is 5.93. The van der Waals surface area contributed by atoms with Gasteiger partial charge in [-0.2, -0.15) is 0 Å². The summed E-state index contributed by atoms with van der Waals surface area (Å²) in [6.45, 7) is 6.39. The quantitative estimate of drug-likeness (QED) is 0.821. The monoisotopic (exact) mass is 271 g/mol. The molecule has 0 aliphatic rings. The van der Waals surface area contributed by atoms with Crippen LogP contribution in [0.5, 0.6) is 0 Å². The highest BCUT2D eigenvalue weighted by molar-refractivity contribution is 7.98. The summed E-state index contributed by atoms with van der Waals surface area (Å²) in [6, 6.07) is 15.1. The first kappa shape index (κ1) is 14.2. The molecule has 2 rings (SSSR count). The number of benzene rings is 2. The molecule has 0 aliphatic heterocycles. The first-order chi connectivity index (χ1) is 9.08. The fourth-order valence-electron chi connectivity index (χ4n) is 2.12. The van der Waals surface area contributed by atoms with E-state index in [1.165, 1.54) is 27.1 Å². The molecule has 0 aliphatic carbocycles. The molecule has 1 atom stereocenters. The van der Waals surface area contributed by atoms with Crippen molar-refractivity contribution < 1.29 is 0 Å². The molecule has 100 valence electrons. The molecule has 0 heterocycles. The molecule has 0 saturated carbocycles. The van der Waals surface area contributed by atoms with Crippen LogP contribution < -0.4 is 5.73 Å². The second kappa shape index (κ2) is 6.27. The second-order valence-electron chi connectivity index (χ2n) is 5.02. The lowest BCUT2D eigenvalue weighted by atomic mass is 10.1. The minimum Gasteiger partial charge on any atom is -0.324 e. The summed E-state index contributed by atoms with van der Waals surface area (Å²) in [5.41, 5.74) is 11.3. The van der Waals surface area contributed by atoms with Gasteiger partial charge in [0.1, 0.15) is 0 Å². The number of aryl methyl sites for hydroxylation is 2. The van der Waals surface area contributed by atoms with Crippen LogP contribution in [0.1, 0.15) is 35.2 Å². The molecule has 0 saturated heterocycles. The first-order valence-corrected chi connectivity index (χ1v) is 7.60. The van der Waals surface area contributed by atoms with Gasteiger partial charge in [0, 0.05) is 16.7 Å². The van der Waals surface area contributed by atoms with Gasteiger partial charge in [-0.3, -0.25) is 0 Å². The summed E-state index contributed by atoms with van der Waals surface area (Å²) in [4.78, 5) is 1.29. The summed E-state index contributed by atoms with van der Waals surface area (Å²) in [5, 5.41) is 0. The Morgan fingerprint density at radius 1 is 1.05 bits per heavy atom. The van der Waals surface area contributed by atoms with Crippen LogP contribution in [0, 0.1) is 13.8 Å². The van der Waals surface area contributed by atoms with Gasteiger partial charge < -0.3 is 5.73 Å². The summed E-state index contributed by atoms with van der Waals surface area (Å²) in [7, 11) is 0. The van der Waals surface area contributed by atoms with Gasteiger partial charge >= 0.3 is 0 Å². The van der Waals surface area contributed by atoms with E-state index in [1.54, 1.807) is 0 Å². The topological polar surface area (TPSA) is 26.0 Å². The maximum Gasteiger partial charge on any atom is 0.0266 e. The predicted octanol–water partition coefficient (Wildman–Crippen LogP) is 4.62. The van der Waals surface area contributed by atoms with Crippen molar-refractivity contribution in [1.29, 1.82) is 0 Å². The van der Waals surface area contributed by atoms with Gasteiger partial charge in [-0.05, 0) is 55.2 Å². The van der Waals surface area contributed by atoms with Crippen LogP contribution in [0.25, 0.3) is 0 Å². The fourth-order valence-corrected chi connectivity index (χ4v) is 3.28. The maximum absolute atomic E-state index is 5.93. The van der Waals surface area contributed by atoms with E-state index < -0.39 is 0 Å². The number of thioether (sulfide) groups is 1. The first-order valence-electron chi connectivity index (χ1n) is 6.61. The van der Waals surface area contributed by atoms with Crippen LogP contribution >= 0.6 is 11.8 Å². The highest BCUT2D eigenvalue weighted by Crippen LogP contribution is 2.27. The smallest absolute Gasteiger partial charge is 0.0266 e. The third-order valence-corrected chi connectivity index (χ3v) is 4.43. The molecule has 0 aromatic heterocycles. The van der Waals surface area contributed by atoms with E-state index in [9.17, 15) is 0 Å². The van der Waals surface area contributed by atoms with Crippen LogP contribution in [0.4, 0.5) is 0 Å². The molecule has 0 amide bonds. The summed E-state index contributed by atoms with van der Waals surface area (Å²) in [5.74, 6) is 1.01. The van der Waals surface area contributed by atoms with E-state index in [0.717, 1.165) is 5.75 Å². The van der Waals surface area contributed by atoms with E-state index in [1.807, 2.05) is 18.7 Å². The molecule has 0 radical (unpaired) electrons. The third-order valence-electron chi connectivity index (χ3n) is 3.41. The highest BCUT2D eigenvalue weighted by atomic mass is 32.2. The molecule has 0 spiro atoms. The Hall–Kier alpha value is -1.25. The van der Waals surface area contributed by atoms with Crippen molar-refractivity contribution in [3.8, 4) is 0 Å². The van der Waals surface area contributed by atoms with Crippen LogP contribution in [0.2, 0.25) is 0 Å². The molecule has 1 nitrogen and oxygen atoms in total. The zero-order valence-electron chi connectivity index (χ0n) is 11.8. The molecule has 0 bridgehead atoms. The summed E-state index contributed by atoms with van der Waals surface area (Å²) < 4.78 is 0. The largest absolute Gasteiger partial charge is 0.324 e. The minimum absolute atomic E-state index is 0.0979. The van der Waals surface area contributed by atoms with Crippen LogP contribution in [-0.4, -0.2) is 0 Å². The average molecular weight is 271 g/mol. The van der Waals surface area contributed by atoms with Crippen molar-refractivity contribution in [2.75, 3.05) is 0 Å². The lowest BCUT2D eigenvalue weighted by Crippen LogP contribution is -2.04. The molecule has 0 fully saturated rings. The normalized spacial score (nSPS) is 12.4. The Morgan fingerprint density at radius 3 is 2.32 bits per heavy atom. The molecular formula is C17H21NS. The van der Waals surface area contributed by atoms with E-state index in [2.05, 4.69) is 56.3 Å². The Morgan fingerprint density at radius 2 is 1.68 bits per heavy atom. The third kappa shape index (κ3) is 3.62. The molecule has 2 N–H and O–H groups in total. The zero-order valence-corrected chi connectivity index (χ0v) is 12.6. The van der Waals surface area contributed by atoms with Gasteiger partial charge in [-0.25, -0.2) is 0 Å². The van der Waals surface area contributed by atoms with Crippen LogP contribution in [-0.2, 0) is 5.75 Å². The highest BCUT2D eigenvalue weighted by Gasteiger charge is 2.05. The van der Waals surface area contributed by atoms with E-state index in [-0.39, 0.29) is 6.04 Å². The number of hydrogen-bond acceptors (Lipinski definition) is 2. The van der Waals surface area contributed by atoms with Gasteiger partial charge in [-0.15, -0.1) is 11.8 Å². The van der Waals surface area contributed by atoms with E-state index >= 15 is 0 Å². The Kier molecular flexibility index (Phi) is 4.67. The van der Waals surface area contributed by atoms with Crippen LogP contribution in [0.15, 0.2) is 47.4 Å². The van der Waals surface area contributed by atoms with Gasteiger partial charge in [0.15, 0.2) is 0 Å². The molecular weight excluding hydrogens is 250 g/mol. The van der Waals surface area contributed by atoms with Gasteiger partial charge in [0.2, 0.25) is 0 Å². The van der Waals surface area contributed by atoms with Crippen molar-refractivity contribution >= 4 is 11.8 Å². The van der Waals surface area contributed by atoms with E-state index in [0.29, 0.717) is 0 Å². The molecule has 2 aromatic rings. The zero-order chi connectivity index (χ0) is 13.8. The number of rotatable bonds is 4. The Balaban J connectivity index is 2.12. The lowest BCUT2D eigenvalue weighted by Gasteiger charge is -2.11. The van der Waals surface area contributed by atoms with Crippen molar-refractivity contribution in [1.82, 2.24) is 0 Å². The lowest BCUT2D eigenvalue weighted by molar-refractivity contribution is 0.815. The van der Waals surface area contributed by atoms with Crippen molar-refractivity contribution in [2.45, 2.75) is 37.5 Å². The molecule has 1 unspecified atom stereocenters. The Bertz CT molecular complexity index is 541. The summed E-state index contributed by atoms with van der Waals surface area (Å²) >= 11 is 1.88. The summed E-state index contributed by atoms with van der Waals surface area (Å²) in [6.07, 6.45) is 0. The number of nitrogens with two attached hydrogens (primary N) is 1. The van der Waals surface area contributed by atoms with Gasteiger partial charge in [0.25, 0.3) is 0 Å². The second-order valence-corrected chi connectivity index (χ2v) is 6.07. The molecule has 2 heteroatoms. The minimum atomic E-state index is 0.0979. The standard InChI is InChI=1S/C17H21NS/c1-12-6-4-7-13(2)17(12)11-19-16-9-5-8-15(10-16)14(3)18/h4-10,14H,11,18H2,1-3H3. The fraction of sp³-hybridized carbons (Fsp3) is 0.294. The SMILES string of the molecule is Cc1cccc(C)c1CSc1cccc(C(C)N)c1. The molecule has 19 heavy (non-hydrogen) atoms. The van der Waals surface area contributed by atoms with E-state index in [4.69, 9.17) is 5.73 Å². The van der Waals surface area contributed by atoms with Gasteiger partial charge in [0.05, 0.1) is 0 Å². The van der Waals surface area contributed by atoms with Crippen LogP contribution in [0.3, 0.4) is 0 Å². The Labute approximate surface area is 120 Å². The molecule has 2 aromatic carbocycles. The van der Waals surface area contributed by atoms with Gasteiger partial charge in [-0.1, -0.05) is 30.3 Å². The number of hydrogen-bond donors (Lipinski definition) is 1. The van der Waals surface area contributed by atoms with Crippen molar-refractivity contribution in [3.05, 3.63) is 64.7 Å². The van der Waals surface area contributed by atoms with Crippen molar-refractivity contribution in [3.63, 3.8) is 0 Å².